The molecular formula is C8H8F7KO3. The molecule has 0 rings (SSSR count). The Morgan fingerprint density at radius 3 is 1.74 bits per heavy atom. The van der Waals surface area contributed by atoms with E-state index in [1.165, 1.54) is 6.92 Å². The molecule has 0 aliphatic carbocycles. The quantitative estimate of drug-likeness (QED) is 0.344. The molecule has 11 heteroatoms. The van der Waals surface area contributed by atoms with Gasteiger partial charge >= 0.3 is 81.3 Å². The van der Waals surface area contributed by atoms with Crippen LogP contribution in [0.15, 0.2) is 0 Å². The average Bonchev–Trinajstić information content (AvgIpc) is 2.15. The van der Waals surface area contributed by atoms with Crippen molar-refractivity contribution in [2.45, 2.75) is 37.8 Å². The third-order valence-corrected chi connectivity index (χ3v) is 1.67. The Kier molecular flexibility index (Phi) is 8.34. The summed E-state index contributed by atoms with van der Waals surface area (Å²) in [6.45, 7) is 1.37. The van der Waals surface area contributed by atoms with Crippen molar-refractivity contribution < 1.29 is 45.1 Å². The third kappa shape index (κ3) is 4.96. The summed E-state index contributed by atoms with van der Waals surface area (Å²) in [7, 11) is 0. The summed E-state index contributed by atoms with van der Waals surface area (Å²) in [6.07, 6.45) is -7.18. The predicted molar refractivity (Wildman–Crippen MR) is 49.1 cm³/mol. The molecule has 0 aromatic heterocycles. The molecule has 0 aromatic rings. The Morgan fingerprint density at radius 2 is 1.42 bits per heavy atom. The monoisotopic (exact) mass is 324 g/mol. The van der Waals surface area contributed by atoms with E-state index in [-0.39, 0.29) is 57.8 Å². The van der Waals surface area contributed by atoms with Crippen molar-refractivity contribution in [3.8, 4) is 0 Å². The van der Waals surface area contributed by atoms with E-state index in [0.717, 1.165) is 0 Å². The zero-order valence-corrected chi connectivity index (χ0v) is 8.78. The van der Waals surface area contributed by atoms with Crippen LogP contribution in [-0.2, 0) is 14.3 Å². The van der Waals surface area contributed by atoms with Crippen molar-refractivity contribution in [3.05, 3.63) is 0 Å². The molecule has 19 heavy (non-hydrogen) atoms. The fourth-order valence-corrected chi connectivity index (χ4v) is 0.729. The zero-order valence-electron chi connectivity index (χ0n) is 8.78. The Morgan fingerprint density at radius 1 is 1.00 bits per heavy atom. The maximum absolute atomic E-state index is 12.6. The maximum atomic E-state index is 12.6. The van der Waals surface area contributed by atoms with E-state index in [1.807, 2.05) is 0 Å². The first-order valence-corrected chi connectivity index (χ1v) is 4.45. The van der Waals surface area contributed by atoms with Crippen LogP contribution in [0.4, 0.5) is 30.7 Å². The third-order valence-electron chi connectivity index (χ3n) is 1.67. The fourth-order valence-electron chi connectivity index (χ4n) is 0.729. The fraction of sp³-hybridized carbons (Fsp3) is 0.750. The average molecular weight is 324 g/mol. The van der Waals surface area contributed by atoms with Crippen molar-refractivity contribution in [2.75, 3.05) is 0 Å². The number of halogens is 7. The summed E-state index contributed by atoms with van der Waals surface area (Å²) in [6, 6.07) is 0. The Balaban J connectivity index is 0. The molecule has 0 spiro atoms. The summed E-state index contributed by atoms with van der Waals surface area (Å²) in [5.41, 5.74) is 0. The molecule has 0 heterocycles. The molecule has 108 valence electrons. The van der Waals surface area contributed by atoms with E-state index >= 15 is 0 Å². The second-order valence-electron chi connectivity index (χ2n) is 3.16. The van der Waals surface area contributed by atoms with Crippen LogP contribution in [0.25, 0.3) is 0 Å². The van der Waals surface area contributed by atoms with Gasteiger partial charge in [0.25, 0.3) is 0 Å². The number of esters is 2. The van der Waals surface area contributed by atoms with E-state index in [0.29, 0.717) is 0 Å². The van der Waals surface area contributed by atoms with E-state index in [2.05, 4.69) is 4.74 Å². The first-order valence-electron chi connectivity index (χ1n) is 4.45. The summed E-state index contributed by atoms with van der Waals surface area (Å²) in [5, 5.41) is 0. The van der Waals surface area contributed by atoms with Crippen LogP contribution in [0.5, 0.6) is 0 Å². The van der Waals surface area contributed by atoms with Crippen LogP contribution >= 0.6 is 0 Å². The number of alkyl halides is 7. The van der Waals surface area contributed by atoms with Crippen LogP contribution < -0.4 is 0 Å². The summed E-state index contributed by atoms with van der Waals surface area (Å²) in [4.78, 5) is 21.0. The number of carbonyl (C=O) groups excluding carboxylic acids is 2. The minimum absolute atomic E-state index is 0. The number of carbonyl (C=O) groups is 2. The predicted octanol–water partition coefficient (Wildman–Crippen LogP) is 2.04. The number of hydrogen-bond acceptors (Lipinski definition) is 3. The molecular weight excluding hydrogens is 316 g/mol. The zero-order chi connectivity index (χ0) is 14.8. The molecule has 0 bridgehead atoms. The molecule has 0 unspecified atom stereocenters. The van der Waals surface area contributed by atoms with Gasteiger partial charge in [-0.3, -0.25) is 4.79 Å². The molecule has 0 fully saturated rings. The molecule has 0 amide bonds. The van der Waals surface area contributed by atoms with Gasteiger partial charge in [-0.2, -0.15) is 30.7 Å². The molecule has 0 aliphatic rings. The van der Waals surface area contributed by atoms with Crippen LogP contribution in [0.1, 0.15) is 19.8 Å². The molecule has 0 saturated heterocycles. The Bertz CT molecular complexity index is 340. The van der Waals surface area contributed by atoms with Gasteiger partial charge in [0.1, 0.15) is 0 Å². The minimum atomic E-state index is -6.65. The second kappa shape index (κ2) is 7.34. The van der Waals surface area contributed by atoms with Crippen molar-refractivity contribution in [1.29, 1.82) is 0 Å². The molecule has 0 saturated carbocycles. The summed E-state index contributed by atoms with van der Waals surface area (Å²) >= 11 is 0. The van der Waals surface area contributed by atoms with Gasteiger partial charge in [0, 0.05) is 6.42 Å². The number of hydrogen-bond donors (Lipinski definition) is 0. The first-order chi connectivity index (χ1) is 7.88. The molecule has 3 nitrogen and oxygen atoms in total. The van der Waals surface area contributed by atoms with Crippen LogP contribution in [-0.4, -0.2) is 81.3 Å². The van der Waals surface area contributed by atoms with Crippen molar-refractivity contribution in [3.63, 3.8) is 0 Å². The van der Waals surface area contributed by atoms with Gasteiger partial charge in [-0.1, -0.05) is 6.92 Å². The normalized spacial score (nSPS) is 12.6. The van der Waals surface area contributed by atoms with Crippen molar-refractivity contribution >= 4 is 63.3 Å². The number of ether oxygens (including phenoxy) is 1. The van der Waals surface area contributed by atoms with Crippen LogP contribution in [0.3, 0.4) is 0 Å². The van der Waals surface area contributed by atoms with E-state index in [9.17, 15) is 40.3 Å². The van der Waals surface area contributed by atoms with Gasteiger partial charge < -0.3 is 4.74 Å². The van der Waals surface area contributed by atoms with Crippen molar-refractivity contribution in [2.24, 2.45) is 0 Å². The first kappa shape index (κ1) is 21.6. The van der Waals surface area contributed by atoms with Crippen LogP contribution in [0.2, 0.25) is 0 Å². The van der Waals surface area contributed by atoms with Crippen molar-refractivity contribution in [1.82, 2.24) is 0 Å². The van der Waals surface area contributed by atoms with Gasteiger partial charge in [0.15, 0.2) is 0 Å². The van der Waals surface area contributed by atoms with Gasteiger partial charge in [-0.15, -0.1) is 0 Å². The standard InChI is InChI=1S/C8H7F7O3.K.H/c1-2-3-4(16)18-5(17)6(9,10)7(11,12)8(13,14)15;;/h2-3H2,1H3;;. The van der Waals surface area contributed by atoms with E-state index < -0.39 is 36.4 Å². The molecule has 0 N–H and O–H groups in total. The van der Waals surface area contributed by atoms with Gasteiger partial charge in [-0.05, 0) is 6.42 Å². The Labute approximate surface area is 145 Å². The summed E-state index contributed by atoms with van der Waals surface area (Å²) < 4.78 is 88.0. The van der Waals surface area contributed by atoms with Gasteiger partial charge in [0.05, 0.1) is 0 Å². The summed E-state index contributed by atoms with van der Waals surface area (Å²) in [5.74, 6) is -17.6. The SMILES string of the molecule is CCCC(=O)OC(=O)C(F)(F)C(F)(F)C(F)(F)F.[KH]. The van der Waals surface area contributed by atoms with Gasteiger partial charge in [0.2, 0.25) is 0 Å². The van der Waals surface area contributed by atoms with E-state index in [4.69, 9.17) is 0 Å². The molecule has 0 atom stereocenters. The molecule has 0 aromatic carbocycles. The van der Waals surface area contributed by atoms with Crippen LogP contribution in [0, 0.1) is 0 Å². The van der Waals surface area contributed by atoms with Gasteiger partial charge in [-0.25, -0.2) is 4.79 Å². The molecule has 0 aliphatic heterocycles. The molecule has 0 radical (unpaired) electrons. The number of rotatable bonds is 4. The topological polar surface area (TPSA) is 43.4 Å². The van der Waals surface area contributed by atoms with E-state index in [1.54, 1.807) is 0 Å². The Hall–Kier alpha value is 0.286. The second-order valence-corrected chi connectivity index (χ2v) is 3.16.